The standard InChI is InChI=1S/C14H18ClN3O4S/c1-21-12-4-5-13(22-2)14(8-12)23(19,20)17-6-3-7-18-10-11(15)9-16-18/h4-5,8-10,17H,3,6-7H2,1-2H3. The van der Waals surface area contributed by atoms with Crippen molar-refractivity contribution in [3.05, 3.63) is 35.6 Å². The molecule has 0 atom stereocenters. The molecule has 0 aliphatic rings. The van der Waals surface area contributed by atoms with Crippen molar-refractivity contribution in [2.75, 3.05) is 20.8 Å². The van der Waals surface area contributed by atoms with Gasteiger partial charge in [-0.15, -0.1) is 0 Å². The number of hydrogen-bond acceptors (Lipinski definition) is 5. The fourth-order valence-corrected chi connectivity index (χ4v) is 3.39. The molecular weight excluding hydrogens is 342 g/mol. The van der Waals surface area contributed by atoms with Crippen LogP contribution in [0.5, 0.6) is 11.5 Å². The zero-order valence-corrected chi connectivity index (χ0v) is 14.4. The van der Waals surface area contributed by atoms with E-state index in [4.69, 9.17) is 21.1 Å². The maximum Gasteiger partial charge on any atom is 0.244 e. The molecular formula is C14H18ClN3O4S. The van der Waals surface area contributed by atoms with E-state index < -0.39 is 10.0 Å². The first-order chi connectivity index (χ1) is 11.0. The molecule has 0 aliphatic heterocycles. The Kier molecular flexibility index (Phi) is 5.86. The summed E-state index contributed by atoms with van der Waals surface area (Å²) in [5.41, 5.74) is 0. The third-order valence-corrected chi connectivity index (χ3v) is 4.80. The lowest BCUT2D eigenvalue weighted by atomic mass is 10.3. The predicted octanol–water partition coefficient (Wildman–Crippen LogP) is 1.92. The van der Waals surface area contributed by atoms with Gasteiger partial charge in [-0.1, -0.05) is 11.6 Å². The van der Waals surface area contributed by atoms with E-state index in [9.17, 15) is 8.42 Å². The smallest absolute Gasteiger partial charge is 0.244 e. The van der Waals surface area contributed by atoms with E-state index >= 15 is 0 Å². The summed E-state index contributed by atoms with van der Waals surface area (Å²) in [6.07, 6.45) is 3.79. The average molecular weight is 360 g/mol. The molecule has 0 saturated carbocycles. The Morgan fingerprint density at radius 1 is 1.30 bits per heavy atom. The molecule has 0 bridgehead atoms. The molecule has 0 saturated heterocycles. The van der Waals surface area contributed by atoms with Crippen LogP contribution >= 0.6 is 11.6 Å². The summed E-state index contributed by atoms with van der Waals surface area (Å²) in [6.45, 7) is 0.824. The number of nitrogens with one attached hydrogen (secondary N) is 1. The normalized spacial score (nSPS) is 11.4. The summed E-state index contributed by atoms with van der Waals surface area (Å²) in [5, 5.41) is 4.58. The molecule has 0 spiro atoms. The summed E-state index contributed by atoms with van der Waals surface area (Å²) in [5.74, 6) is 0.703. The molecule has 126 valence electrons. The topological polar surface area (TPSA) is 82.5 Å². The fraction of sp³-hybridized carbons (Fsp3) is 0.357. The molecule has 2 rings (SSSR count). The minimum Gasteiger partial charge on any atom is -0.497 e. The van der Waals surface area contributed by atoms with E-state index in [1.165, 1.54) is 26.5 Å². The van der Waals surface area contributed by atoms with Crippen molar-refractivity contribution in [1.82, 2.24) is 14.5 Å². The van der Waals surface area contributed by atoms with Gasteiger partial charge in [-0.05, 0) is 18.6 Å². The number of aryl methyl sites for hydroxylation is 1. The minimum atomic E-state index is -3.70. The quantitative estimate of drug-likeness (QED) is 0.728. The van der Waals surface area contributed by atoms with Gasteiger partial charge in [0.05, 0.1) is 25.4 Å². The third-order valence-electron chi connectivity index (χ3n) is 3.12. The zero-order valence-electron chi connectivity index (χ0n) is 12.8. The highest BCUT2D eigenvalue weighted by Gasteiger charge is 2.20. The maximum absolute atomic E-state index is 12.4. The zero-order chi connectivity index (χ0) is 16.9. The molecule has 0 unspecified atom stereocenters. The number of methoxy groups -OCH3 is 2. The van der Waals surface area contributed by atoms with E-state index in [-0.39, 0.29) is 17.2 Å². The Balaban J connectivity index is 2.01. The Labute approximate surface area is 140 Å². The van der Waals surface area contributed by atoms with Crippen LogP contribution < -0.4 is 14.2 Å². The van der Waals surface area contributed by atoms with E-state index in [0.717, 1.165) is 0 Å². The van der Waals surface area contributed by atoms with Crippen LogP contribution in [0.25, 0.3) is 0 Å². The largest absolute Gasteiger partial charge is 0.497 e. The Morgan fingerprint density at radius 3 is 2.70 bits per heavy atom. The summed E-state index contributed by atoms with van der Waals surface area (Å²) in [4.78, 5) is 0.0430. The van der Waals surface area contributed by atoms with Crippen LogP contribution in [-0.2, 0) is 16.6 Å². The van der Waals surface area contributed by atoms with Gasteiger partial charge in [-0.2, -0.15) is 5.10 Å². The van der Waals surface area contributed by atoms with E-state index in [1.807, 2.05) is 0 Å². The fourth-order valence-electron chi connectivity index (χ4n) is 1.98. The molecule has 1 N–H and O–H groups in total. The van der Waals surface area contributed by atoms with Gasteiger partial charge >= 0.3 is 0 Å². The van der Waals surface area contributed by atoms with Crippen LogP contribution in [0.4, 0.5) is 0 Å². The van der Waals surface area contributed by atoms with Crippen molar-refractivity contribution in [2.24, 2.45) is 0 Å². The summed E-state index contributed by atoms with van der Waals surface area (Å²) in [6, 6.07) is 4.62. The highest BCUT2D eigenvalue weighted by Crippen LogP contribution is 2.27. The molecule has 23 heavy (non-hydrogen) atoms. The first-order valence-electron chi connectivity index (χ1n) is 6.86. The van der Waals surface area contributed by atoms with Gasteiger partial charge in [0, 0.05) is 25.4 Å². The number of hydrogen-bond donors (Lipinski definition) is 1. The van der Waals surface area contributed by atoms with Crippen LogP contribution in [-0.4, -0.2) is 39.0 Å². The predicted molar refractivity (Wildman–Crippen MR) is 86.6 cm³/mol. The minimum absolute atomic E-state index is 0.0430. The van der Waals surface area contributed by atoms with Crippen molar-refractivity contribution in [3.63, 3.8) is 0 Å². The van der Waals surface area contributed by atoms with Crippen molar-refractivity contribution in [2.45, 2.75) is 17.9 Å². The van der Waals surface area contributed by atoms with Gasteiger partial charge in [-0.25, -0.2) is 13.1 Å². The van der Waals surface area contributed by atoms with Gasteiger partial charge in [-0.3, -0.25) is 4.68 Å². The van der Waals surface area contributed by atoms with Gasteiger partial charge < -0.3 is 9.47 Å². The van der Waals surface area contributed by atoms with Crippen LogP contribution in [0.1, 0.15) is 6.42 Å². The number of halogens is 1. The second-order valence-corrected chi connectivity index (χ2v) is 6.86. The average Bonchev–Trinajstić information content (AvgIpc) is 2.96. The highest BCUT2D eigenvalue weighted by atomic mass is 35.5. The van der Waals surface area contributed by atoms with E-state index in [2.05, 4.69) is 9.82 Å². The number of rotatable bonds is 8. The molecule has 0 radical (unpaired) electrons. The van der Waals surface area contributed by atoms with Crippen molar-refractivity contribution in [3.8, 4) is 11.5 Å². The van der Waals surface area contributed by atoms with E-state index in [0.29, 0.717) is 23.7 Å². The summed E-state index contributed by atoms with van der Waals surface area (Å²) < 4.78 is 39.2. The van der Waals surface area contributed by atoms with Crippen LogP contribution in [0.2, 0.25) is 5.02 Å². The van der Waals surface area contributed by atoms with Gasteiger partial charge in [0.25, 0.3) is 0 Å². The number of benzene rings is 1. The molecule has 0 aliphatic carbocycles. The van der Waals surface area contributed by atoms with Gasteiger partial charge in [0.2, 0.25) is 10.0 Å². The number of ether oxygens (including phenoxy) is 2. The third kappa shape index (κ3) is 4.60. The first-order valence-corrected chi connectivity index (χ1v) is 8.72. The summed E-state index contributed by atoms with van der Waals surface area (Å²) in [7, 11) is -0.804. The molecule has 1 heterocycles. The second-order valence-electron chi connectivity index (χ2n) is 4.69. The van der Waals surface area contributed by atoms with Crippen molar-refractivity contribution < 1.29 is 17.9 Å². The van der Waals surface area contributed by atoms with Crippen LogP contribution in [0.3, 0.4) is 0 Å². The van der Waals surface area contributed by atoms with Crippen LogP contribution in [0.15, 0.2) is 35.5 Å². The van der Waals surface area contributed by atoms with Gasteiger partial charge in [0.15, 0.2) is 0 Å². The maximum atomic E-state index is 12.4. The Morgan fingerprint density at radius 2 is 2.09 bits per heavy atom. The molecule has 7 nitrogen and oxygen atoms in total. The van der Waals surface area contributed by atoms with Crippen molar-refractivity contribution in [1.29, 1.82) is 0 Å². The van der Waals surface area contributed by atoms with E-state index in [1.54, 1.807) is 23.0 Å². The molecule has 0 fully saturated rings. The van der Waals surface area contributed by atoms with Gasteiger partial charge in [0.1, 0.15) is 16.4 Å². The first kappa shape index (κ1) is 17.6. The molecule has 1 aromatic heterocycles. The summed E-state index contributed by atoms with van der Waals surface area (Å²) >= 11 is 5.77. The second kappa shape index (κ2) is 7.67. The number of aromatic nitrogens is 2. The highest BCUT2D eigenvalue weighted by molar-refractivity contribution is 7.89. The molecule has 1 aromatic carbocycles. The molecule has 0 amide bonds. The monoisotopic (exact) mass is 359 g/mol. The lowest BCUT2D eigenvalue weighted by molar-refractivity contribution is 0.392. The molecule has 2 aromatic rings. The van der Waals surface area contributed by atoms with Crippen molar-refractivity contribution >= 4 is 21.6 Å². The Hall–Kier alpha value is -1.77. The molecule has 9 heteroatoms. The van der Waals surface area contributed by atoms with Crippen LogP contribution in [0, 0.1) is 0 Å². The Bertz CT molecular complexity index is 761. The SMILES string of the molecule is COc1ccc(OC)c(S(=O)(=O)NCCCn2cc(Cl)cn2)c1. The lowest BCUT2D eigenvalue weighted by Crippen LogP contribution is -2.26. The number of nitrogens with zero attached hydrogens (tertiary/aromatic N) is 2. The lowest BCUT2D eigenvalue weighted by Gasteiger charge is -2.12. The number of sulfonamides is 1.